The second kappa shape index (κ2) is 2.18. The van der Waals surface area contributed by atoms with Gasteiger partial charge in [0.2, 0.25) is 0 Å². The van der Waals surface area contributed by atoms with Crippen LogP contribution in [0, 0.1) is 11.8 Å². The van der Waals surface area contributed by atoms with Gasteiger partial charge < -0.3 is 0 Å². The van der Waals surface area contributed by atoms with E-state index in [1.807, 2.05) is 0 Å². The molecule has 0 aromatic rings. The highest BCUT2D eigenvalue weighted by Crippen LogP contribution is 2.62. The van der Waals surface area contributed by atoms with Crippen molar-refractivity contribution in [3.8, 4) is 0 Å². The van der Waals surface area contributed by atoms with E-state index < -0.39 is 11.3 Å². The van der Waals surface area contributed by atoms with Crippen LogP contribution in [0.1, 0.15) is 34.1 Å². The number of alkyl halides is 2. The van der Waals surface area contributed by atoms with Crippen molar-refractivity contribution in [2.24, 2.45) is 11.8 Å². The van der Waals surface area contributed by atoms with E-state index in [9.17, 15) is 8.78 Å². The van der Waals surface area contributed by atoms with E-state index in [4.69, 9.17) is 0 Å². The highest BCUT2D eigenvalue weighted by atomic mass is 19.2. The summed E-state index contributed by atoms with van der Waals surface area (Å²) in [5.41, 5.74) is -3.08. The van der Waals surface area contributed by atoms with Gasteiger partial charge in [-0.1, -0.05) is 27.7 Å². The van der Waals surface area contributed by atoms with Crippen LogP contribution in [0.3, 0.4) is 0 Å². The molecule has 66 valence electrons. The fourth-order valence-corrected chi connectivity index (χ4v) is 1.70. The van der Waals surface area contributed by atoms with Gasteiger partial charge in [-0.05, 0) is 11.8 Å². The largest absolute Gasteiger partial charge is 0.240 e. The molecule has 0 saturated heterocycles. The summed E-state index contributed by atoms with van der Waals surface area (Å²) in [5, 5.41) is 0. The lowest BCUT2D eigenvalue weighted by Gasteiger charge is -2.18. The van der Waals surface area contributed by atoms with Crippen molar-refractivity contribution in [1.29, 1.82) is 0 Å². The van der Waals surface area contributed by atoms with Crippen LogP contribution in [0.5, 0.6) is 0 Å². The molecule has 0 bridgehead atoms. The Balaban J connectivity index is 2.71. The predicted molar refractivity (Wildman–Crippen MR) is 42.0 cm³/mol. The van der Waals surface area contributed by atoms with E-state index >= 15 is 0 Å². The molecule has 0 amide bonds. The quantitative estimate of drug-likeness (QED) is 0.585. The lowest BCUT2D eigenvalue weighted by Crippen LogP contribution is -2.27. The zero-order valence-electron chi connectivity index (χ0n) is 7.62. The Kier molecular flexibility index (Phi) is 1.77. The molecule has 1 fully saturated rings. The van der Waals surface area contributed by atoms with Gasteiger partial charge in [0.25, 0.3) is 0 Å². The lowest BCUT2D eigenvalue weighted by molar-refractivity contribution is 0.0903. The van der Waals surface area contributed by atoms with Crippen molar-refractivity contribution in [3.63, 3.8) is 0 Å². The topological polar surface area (TPSA) is 0 Å². The molecule has 2 heteroatoms. The normalized spacial score (nSPS) is 43.6. The first-order valence-corrected chi connectivity index (χ1v) is 4.22. The van der Waals surface area contributed by atoms with Crippen LogP contribution in [0.25, 0.3) is 0 Å². The average Bonchev–Trinajstić information content (AvgIpc) is 2.39. The van der Waals surface area contributed by atoms with E-state index in [0.717, 1.165) is 0 Å². The summed E-state index contributed by atoms with van der Waals surface area (Å²) >= 11 is 0. The maximum atomic E-state index is 13.5. The minimum absolute atomic E-state index is 0.0926. The molecule has 1 rings (SSSR count). The summed E-state index contributed by atoms with van der Waals surface area (Å²) in [7, 11) is 0. The van der Waals surface area contributed by atoms with Gasteiger partial charge in [0, 0.05) is 6.42 Å². The fourth-order valence-electron chi connectivity index (χ4n) is 1.70. The number of hydrogen-bond donors (Lipinski definition) is 0. The summed E-state index contributed by atoms with van der Waals surface area (Å²) in [6.45, 7) is 6.96. The van der Waals surface area contributed by atoms with Gasteiger partial charge in [-0.25, -0.2) is 8.78 Å². The van der Waals surface area contributed by atoms with Gasteiger partial charge in [0.15, 0.2) is 11.3 Å². The zero-order chi connectivity index (χ0) is 8.86. The van der Waals surface area contributed by atoms with Crippen LogP contribution in [-0.2, 0) is 0 Å². The van der Waals surface area contributed by atoms with Crippen LogP contribution in [0.2, 0.25) is 0 Å². The summed E-state index contributed by atoms with van der Waals surface area (Å²) in [6, 6.07) is 0. The number of rotatable bonds is 2. The maximum Gasteiger partial charge on any atom is 0.150 e. The van der Waals surface area contributed by atoms with Crippen molar-refractivity contribution >= 4 is 0 Å². The number of hydrogen-bond acceptors (Lipinski definition) is 0. The van der Waals surface area contributed by atoms with Gasteiger partial charge in [-0.3, -0.25) is 0 Å². The highest BCUT2D eigenvalue weighted by molar-refractivity contribution is 5.21. The molecule has 0 aromatic heterocycles. The lowest BCUT2D eigenvalue weighted by atomic mass is 9.97. The molecule has 2 atom stereocenters. The molecule has 0 spiro atoms. The molecule has 0 N–H and O–H groups in total. The van der Waals surface area contributed by atoms with Crippen molar-refractivity contribution in [2.75, 3.05) is 0 Å². The van der Waals surface area contributed by atoms with Crippen LogP contribution < -0.4 is 0 Å². The molecule has 0 nitrogen and oxygen atoms in total. The number of halogens is 2. The van der Waals surface area contributed by atoms with E-state index in [2.05, 4.69) is 0 Å². The van der Waals surface area contributed by atoms with Crippen LogP contribution >= 0.6 is 0 Å². The monoisotopic (exact) mass is 162 g/mol. The first kappa shape index (κ1) is 8.95. The summed E-state index contributed by atoms with van der Waals surface area (Å²) in [6.07, 6.45) is 0.0926. The maximum absolute atomic E-state index is 13.5. The second-order valence-corrected chi connectivity index (χ2v) is 4.21. The Labute approximate surface area is 67.0 Å². The smallest absolute Gasteiger partial charge is 0.150 e. The third-order valence-electron chi connectivity index (χ3n) is 2.91. The fraction of sp³-hybridized carbons (Fsp3) is 1.00. The molecule has 1 aliphatic carbocycles. The molecule has 1 saturated carbocycles. The molecular formula is C9H16F2. The van der Waals surface area contributed by atoms with Gasteiger partial charge >= 0.3 is 0 Å². The first-order chi connectivity index (χ1) is 4.84. The molecule has 11 heavy (non-hydrogen) atoms. The zero-order valence-corrected chi connectivity index (χ0v) is 7.62. The Hall–Kier alpha value is -0.140. The van der Waals surface area contributed by atoms with Crippen LogP contribution in [-0.4, -0.2) is 11.3 Å². The summed E-state index contributed by atoms with van der Waals surface area (Å²) in [4.78, 5) is 0. The van der Waals surface area contributed by atoms with Gasteiger partial charge in [-0.15, -0.1) is 0 Å². The Morgan fingerprint density at radius 3 is 1.27 bits per heavy atom. The molecule has 0 radical (unpaired) electrons. The highest BCUT2D eigenvalue weighted by Gasteiger charge is 2.73. The van der Waals surface area contributed by atoms with Crippen molar-refractivity contribution in [2.45, 2.75) is 45.5 Å². The minimum atomic E-state index is -1.54. The third-order valence-corrected chi connectivity index (χ3v) is 2.91. The van der Waals surface area contributed by atoms with Gasteiger partial charge in [0.1, 0.15) is 0 Å². The van der Waals surface area contributed by atoms with Crippen molar-refractivity contribution in [3.05, 3.63) is 0 Å². The van der Waals surface area contributed by atoms with E-state index in [1.165, 1.54) is 0 Å². The van der Waals surface area contributed by atoms with E-state index in [-0.39, 0.29) is 18.3 Å². The Bertz CT molecular complexity index is 147. The standard InChI is InChI=1S/C9H16F2/c1-6(2)8(10)5-9(8,11)7(3)4/h6-7H,5H2,1-4H3. The van der Waals surface area contributed by atoms with E-state index in [1.54, 1.807) is 27.7 Å². The molecule has 0 heterocycles. The minimum Gasteiger partial charge on any atom is -0.240 e. The average molecular weight is 162 g/mol. The van der Waals surface area contributed by atoms with Crippen molar-refractivity contribution < 1.29 is 8.78 Å². The Morgan fingerprint density at radius 2 is 1.18 bits per heavy atom. The second-order valence-electron chi connectivity index (χ2n) is 4.21. The Morgan fingerprint density at radius 1 is 0.909 bits per heavy atom. The van der Waals surface area contributed by atoms with Crippen LogP contribution in [0.15, 0.2) is 0 Å². The summed E-state index contributed by atoms with van der Waals surface area (Å²) < 4.78 is 27.1. The third kappa shape index (κ3) is 0.986. The first-order valence-electron chi connectivity index (χ1n) is 4.22. The predicted octanol–water partition coefficient (Wildman–Crippen LogP) is 3.12. The van der Waals surface area contributed by atoms with Gasteiger partial charge in [-0.2, -0.15) is 0 Å². The molecule has 1 aliphatic rings. The van der Waals surface area contributed by atoms with Gasteiger partial charge in [0.05, 0.1) is 0 Å². The van der Waals surface area contributed by atoms with E-state index in [0.29, 0.717) is 0 Å². The molecule has 0 aromatic carbocycles. The van der Waals surface area contributed by atoms with Crippen LogP contribution in [0.4, 0.5) is 8.78 Å². The summed E-state index contributed by atoms with van der Waals surface area (Å²) in [5.74, 6) is -0.398. The van der Waals surface area contributed by atoms with Crippen molar-refractivity contribution in [1.82, 2.24) is 0 Å². The SMILES string of the molecule is CC(C)C1(F)CC1(F)C(C)C. The molecule has 2 unspecified atom stereocenters. The molecule has 0 aliphatic heterocycles. The molecular weight excluding hydrogens is 146 g/mol.